The number of ether oxygens (including phenoxy) is 1. The number of aliphatic carboxylic acids is 1. The van der Waals surface area contributed by atoms with Crippen LogP contribution < -0.4 is 4.74 Å². The standard InChI is InChI=1S/C14H18O3/c1-2-12-7-9-13(10-8-12)17-11-5-3-4-6-14(15)16/h2,7-10H,1,3-6,11H2,(H,15,16). The molecular formula is C14H18O3. The second kappa shape index (κ2) is 7.49. The summed E-state index contributed by atoms with van der Waals surface area (Å²) in [5.74, 6) is 0.111. The van der Waals surface area contributed by atoms with Crippen molar-refractivity contribution in [3.05, 3.63) is 36.4 Å². The van der Waals surface area contributed by atoms with Gasteiger partial charge in [-0.1, -0.05) is 24.8 Å². The van der Waals surface area contributed by atoms with Crippen LogP contribution in [0.5, 0.6) is 5.75 Å². The van der Waals surface area contributed by atoms with Crippen LogP contribution in [0.25, 0.3) is 6.08 Å². The number of rotatable bonds is 8. The molecule has 3 heteroatoms. The lowest BCUT2D eigenvalue weighted by Crippen LogP contribution is -1.99. The molecule has 17 heavy (non-hydrogen) atoms. The van der Waals surface area contributed by atoms with Crippen molar-refractivity contribution in [3.8, 4) is 5.75 Å². The summed E-state index contributed by atoms with van der Waals surface area (Å²) in [5.41, 5.74) is 1.07. The molecule has 0 aliphatic carbocycles. The topological polar surface area (TPSA) is 46.5 Å². The Morgan fingerprint density at radius 3 is 2.53 bits per heavy atom. The summed E-state index contributed by atoms with van der Waals surface area (Å²) in [6.45, 7) is 4.31. The molecule has 1 aromatic rings. The van der Waals surface area contributed by atoms with Crippen LogP contribution in [-0.2, 0) is 4.79 Å². The number of carboxylic acid groups (broad SMARTS) is 1. The SMILES string of the molecule is C=Cc1ccc(OCCCCCC(=O)O)cc1. The average Bonchev–Trinajstić information content (AvgIpc) is 2.34. The third-order valence-electron chi connectivity index (χ3n) is 2.42. The fraction of sp³-hybridized carbons (Fsp3) is 0.357. The molecule has 0 saturated carbocycles. The van der Waals surface area contributed by atoms with Crippen LogP contribution in [0.1, 0.15) is 31.2 Å². The molecule has 0 radical (unpaired) electrons. The van der Waals surface area contributed by atoms with E-state index in [0.29, 0.717) is 13.0 Å². The molecule has 0 spiro atoms. The number of benzene rings is 1. The van der Waals surface area contributed by atoms with Gasteiger partial charge in [0, 0.05) is 6.42 Å². The van der Waals surface area contributed by atoms with Gasteiger partial charge in [0.2, 0.25) is 0 Å². The monoisotopic (exact) mass is 234 g/mol. The highest BCUT2D eigenvalue weighted by Gasteiger charge is 1.97. The van der Waals surface area contributed by atoms with E-state index in [9.17, 15) is 4.79 Å². The van der Waals surface area contributed by atoms with Crippen molar-refractivity contribution in [1.82, 2.24) is 0 Å². The van der Waals surface area contributed by atoms with Crippen molar-refractivity contribution in [2.75, 3.05) is 6.61 Å². The van der Waals surface area contributed by atoms with Crippen molar-refractivity contribution in [2.24, 2.45) is 0 Å². The minimum Gasteiger partial charge on any atom is -0.494 e. The highest BCUT2D eigenvalue weighted by Crippen LogP contribution is 2.13. The molecule has 0 aliphatic heterocycles. The van der Waals surface area contributed by atoms with Gasteiger partial charge in [-0.2, -0.15) is 0 Å². The zero-order valence-electron chi connectivity index (χ0n) is 9.89. The third-order valence-corrected chi connectivity index (χ3v) is 2.42. The van der Waals surface area contributed by atoms with Gasteiger partial charge in [-0.3, -0.25) is 4.79 Å². The molecule has 0 aliphatic rings. The van der Waals surface area contributed by atoms with Gasteiger partial charge < -0.3 is 9.84 Å². The van der Waals surface area contributed by atoms with E-state index in [4.69, 9.17) is 9.84 Å². The summed E-state index contributed by atoms with van der Waals surface area (Å²) in [6.07, 6.45) is 4.52. The van der Waals surface area contributed by atoms with Gasteiger partial charge in [-0.15, -0.1) is 0 Å². The Bertz CT molecular complexity index is 354. The molecule has 1 N–H and O–H groups in total. The average molecular weight is 234 g/mol. The molecule has 1 aromatic carbocycles. The number of hydrogen-bond donors (Lipinski definition) is 1. The Morgan fingerprint density at radius 1 is 1.24 bits per heavy atom. The predicted octanol–water partition coefficient (Wildman–Crippen LogP) is 3.35. The van der Waals surface area contributed by atoms with Crippen molar-refractivity contribution in [1.29, 1.82) is 0 Å². The van der Waals surface area contributed by atoms with Gasteiger partial charge in [0.05, 0.1) is 6.61 Å². The summed E-state index contributed by atoms with van der Waals surface area (Å²) in [7, 11) is 0. The molecule has 0 heterocycles. The Kier molecular flexibility index (Phi) is 5.86. The summed E-state index contributed by atoms with van der Waals surface area (Å²) >= 11 is 0. The highest BCUT2D eigenvalue weighted by atomic mass is 16.5. The number of carbonyl (C=O) groups is 1. The molecule has 0 unspecified atom stereocenters. The Morgan fingerprint density at radius 2 is 1.94 bits per heavy atom. The first-order valence-electron chi connectivity index (χ1n) is 5.79. The van der Waals surface area contributed by atoms with Crippen molar-refractivity contribution in [2.45, 2.75) is 25.7 Å². The molecule has 0 aromatic heterocycles. The molecule has 0 amide bonds. The van der Waals surface area contributed by atoms with Gasteiger partial charge in [0.1, 0.15) is 5.75 Å². The molecule has 0 bridgehead atoms. The van der Waals surface area contributed by atoms with Gasteiger partial charge in [0.25, 0.3) is 0 Å². The van der Waals surface area contributed by atoms with Crippen LogP contribution in [0, 0.1) is 0 Å². The van der Waals surface area contributed by atoms with Gasteiger partial charge in [-0.25, -0.2) is 0 Å². The summed E-state index contributed by atoms with van der Waals surface area (Å²) in [6, 6.07) is 7.72. The summed E-state index contributed by atoms with van der Waals surface area (Å²) in [5, 5.41) is 8.46. The molecule has 1 rings (SSSR count). The Hall–Kier alpha value is -1.77. The summed E-state index contributed by atoms with van der Waals surface area (Å²) < 4.78 is 5.53. The zero-order chi connectivity index (χ0) is 12.5. The Labute approximate surface area is 102 Å². The third kappa shape index (κ3) is 5.76. The predicted molar refractivity (Wildman–Crippen MR) is 68.1 cm³/mol. The van der Waals surface area contributed by atoms with E-state index in [0.717, 1.165) is 24.2 Å². The maximum atomic E-state index is 10.3. The van der Waals surface area contributed by atoms with Crippen LogP contribution in [0.2, 0.25) is 0 Å². The van der Waals surface area contributed by atoms with Crippen molar-refractivity contribution < 1.29 is 14.6 Å². The van der Waals surface area contributed by atoms with Gasteiger partial charge in [-0.05, 0) is 37.0 Å². The second-order valence-corrected chi connectivity index (χ2v) is 3.83. The second-order valence-electron chi connectivity index (χ2n) is 3.83. The molecule has 3 nitrogen and oxygen atoms in total. The maximum absolute atomic E-state index is 10.3. The van der Waals surface area contributed by atoms with E-state index < -0.39 is 5.97 Å². The summed E-state index contributed by atoms with van der Waals surface area (Å²) in [4.78, 5) is 10.3. The normalized spacial score (nSPS) is 9.88. The van der Waals surface area contributed by atoms with E-state index in [1.54, 1.807) is 6.08 Å². The van der Waals surface area contributed by atoms with Gasteiger partial charge >= 0.3 is 5.97 Å². The lowest BCUT2D eigenvalue weighted by molar-refractivity contribution is -0.137. The zero-order valence-corrected chi connectivity index (χ0v) is 9.89. The van der Waals surface area contributed by atoms with E-state index in [1.165, 1.54) is 0 Å². The van der Waals surface area contributed by atoms with Crippen LogP contribution in [-0.4, -0.2) is 17.7 Å². The maximum Gasteiger partial charge on any atom is 0.303 e. The first kappa shape index (κ1) is 13.3. The quantitative estimate of drug-likeness (QED) is 0.701. The van der Waals surface area contributed by atoms with Crippen LogP contribution in [0.4, 0.5) is 0 Å². The Balaban J connectivity index is 2.13. The highest BCUT2D eigenvalue weighted by molar-refractivity contribution is 5.66. The molecule has 92 valence electrons. The minimum absolute atomic E-state index is 0.244. The lowest BCUT2D eigenvalue weighted by Gasteiger charge is -2.05. The molecule has 0 fully saturated rings. The van der Waals surface area contributed by atoms with E-state index in [-0.39, 0.29) is 6.42 Å². The van der Waals surface area contributed by atoms with E-state index in [1.807, 2.05) is 24.3 Å². The van der Waals surface area contributed by atoms with Crippen molar-refractivity contribution >= 4 is 12.0 Å². The van der Waals surface area contributed by atoms with E-state index >= 15 is 0 Å². The molecule has 0 atom stereocenters. The fourth-order valence-corrected chi connectivity index (χ4v) is 1.45. The van der Waals surface area contributed by atoms with E-state index in [2.05, 4.69) is 6.58 Å². The largest absolute Gasteiger partial charge is 0.494 e. The van der Waals surface area contributed by atoms with Crippen LogP contribution >= 0.6 is 0 Å². The smallest absolute Gasteiger partial charge is 0.303 e. The minimum atomic E-state index is -0.731. The first-order chi connectivity index (χ1) is 8.22. The van der Waals surface area contributed by atoms with Crippen LogP contribution in [0.15, 0.2) is 30.8 Å². The van der Waals surface area contributed by atoms with Crippen molar-refractivity contribution in [3.63, 3.8) is 0 Å². The molecular weight excluding hydrogens is 216 g/mol. The van der Waals surface area contributed by atoms with Gasteiger partial charge in [0.15, 0.2) is 0 Å². The lowest BCUT2D eigenvalue weighted by atomic mass is 10.2. The number of unbranched alkanes of at least 4 members (excludes halogenated alkanes) is 2. The van der Waals surface area contributed by atoms with Crippen LogP contribution in [0.3, 0.4) is 0 Å². The number of hydrogen-bond acceptors (Lipinski definition) is 2. The molecule has 0 saturated heterocycles. The number of carboxylic acids is 1. The fourth-order valence-electron chi connectivity index (χ4n) is 1.45. The first-order valence-corrected chi connectivity index (χ1v) is 5.79.